The van der Waals surface area contributed by atoms with Crippen LogP contribution in [0, 0.1) is 10.1 Å². The number of hydroxylamine groups is 2. The van der Waals surface area contributed by atoms with Gasteiger partial charge in [-0.05, 0) is 38.1 Å². The third-order valence-corrected chi connectivity index (χ3v) is 7.22. The smallest absolute Gasteiger partial charge is 0.275 e. The van der Waals surface area contributed by atoms with Crippen molar-refractivity contribution in [2.45, 2.75) is 31.4 Å². The number of nitro benzene ring substituents is 1. The molecule has 0 radical (unpaired) electrons. The van der Waals surface area contributed by atoms with Crippen LogP contribution >= 0.6 is 0 Å². The molecule has 3 aliphatic heterocycles. The van der Waals surface area contributed by atoms with Gasteiger partial charge in [-0.2, -0.15) is 0 Å². The van der Waals surface area contributed by atoms with E-state index >= 15 is 0 Å². The molecule has 1 amide bonds. The van der Waals surface area contributed by atoms with Crippen molar-refractivity contribution in [3.8, 4) is 5.75 Å². The molecule has 3 heterocycles. The van der Waals surface area contributed by atoms with Gasteiger partial charge in [-0.1, -0.05) is 24.3 Å². The van der Waals surface area contributed by atoms with Crippen LogP contribution in [0.3, 0.4) is 0 Å². The maximum Gasteiger partial charge on any atom is 0.275 e. The Hall–Kier alpha value is -3.47. The van der Waals surface area contributed by atoms with Crippen molar-refractivity contribution >= 4 is 23.4 Å². The third-order valence-electron chi connectivity index (χ3n) is 7.22. The summed E-state index contributed by atoms with van der Waals surface area (Å²) < 4.78 is 17.6. The molecule has 0 saturated carbocycles. The van der Waals surface area contributed by atoms with Crippen molar-refractivity contribution in [2.75, 3.05) is 51.0 Å². The van der Waals surface area contributed by atoms with Crippen molar-refractivity contribution in [3.63, 3.8) is 0 Å². The Morgan fingerprint density at radius 1 is 1.03 bits per heavy atom. The highest BCUT2D eigenvalue weighted by atomic mass is 16.7. The summed E-state index contributed by atoms with van der Waals surface area (Å²) in [5.41, 5.74) is 0.334. The summed E-state index contributed by atoms with van der Waals surface area (Å²) >= 11 is 0. The zero-order valence-corrected chi connectivity index (χ0v) is 21.1. The number of rotatable bonds is 4. The minimum Gasteiger partial charge on any atom is -0.463 e. The first kappa shape index (κ1) is 25.2. The number of amides is 1. The molecular weight excluding hydrogens is 478 g/mol. The molecule has 1 atom stereocenters. The fraction of sp³-hybridized carbons (Fsp3) is 0.444. The van der Waals surface area contributed by atoms with E-state index < -0.39 is 11.1 Å². The molecule has 3 aliphatic rings. The first-order valence-electron chi connectivity index (χ1n) is 12.5. The van der Waals surface area contributed by atoms with Gasteiger partial charge in [0.2, 0.25) is 11.6 Å². The molecule has 2 aromatic carbocycles. The molecule has 1 unspecified atom stereocenters. The van der Waals surface area contributed by atoms with Gasteiger partial charge in [-0.15, -0.1) is 0 Å². The maximum atomic E-state index is 13.2. The lowest BCUT2D eigenvalue weighted by Gasteiger charge is -2.47. The van der Waals surface area contributed by atoms with Crippen LogP contribution in [0.4, 0.5) is 11.4 Å². The van der Waals surface area contributed by atoms with Gasteiger partial charge in [0, 0.05) is 24.6 Å². The molecule has 2 aromatic rings. The zero-order valence-electron chi connectivity index (χ0n) is 21.1. The van der Waals surface area contributed by atoms with Crippen LogP contribution in [0.2, 0.25) is 0 Å². The van der Waals surface area contributed by atoms with Gasteiger partial charge in [0.1, 0.15) is 5.75 Å². The Morgan fingerprint density at radius 3 is 2.59 bits per heavy atom. The molecule has 37 heavy (non-hydrogen) atoms. The molecule has 5 rings (SSSR count). The molecule has 10 nitrogen and oxygen atoms in total. The normalized spacial score (nSPS) is 22.8. The minimum absolute atomic E-state index is 0.0307. The Morgan fingerprint density at radius 2 is 1.78 bits per heavy atom. The number of hydrogen-bond donors (Lipinski definition) is 0. The average molecular weight is 510 g/mol. The largest absolute Gasteiger partial charge is 0.463 e. The van der Waals surface area contributed by atoms with Crippen LogP contribution in [0.25, 0.3) is 6.08 Å². The molecule has 196 valence electrons. The highest BCUT2D eigenvalue weighted by Gasteiger charge is 2.61. The monoisotopic (exact) mass is 509 g/mol. The number of anilines is 1. The van der Waals surface area contributed by atoms with Crippen LogP contribution in [0.5, 0.6) is 5.75 Å². The van der Waals surface area contributed by atoms with Crippen LogP contribution in [-0.2, 0) is 24.5 Å². The van der Waals surface area contributed by atoms with E-state index in [1.54, 1.807) is 6.07 Å². The summed E-state index contributed by atoms with van der Waals surface area (Å²) in [6.45, 7) is 6.40. The van der Waals surface area contributed by atoms with Crippen molar-refractivity contribution in [1.82, 2.24) is 5.06 Å². The van der Waals surface area contributed by atoms with E-state index in [1.165, 1.54) is 11.1 Å². The molecule has 1 saturated heterocycles. The van der Waals surface area contributed by atoms with Crippen molar-refractivity contribution in [2.24, 2.45) is 0 Å². The topological polar surface area (TPSA) is 104 Å². The van der Waals surface area contributed by atoms with Crippen LogP contribution in [-0.4, -0.2) is 67.7 Å². The summed E-state index contributed by atoms with van der Waals surface area (Å²) in [5, 5.41) is 13.4. The van der Waals surface area contributed by atoms with Crippen LogP contribution in [0.1, 0.15) is 31.4 Å². The predicted molar refractivity (Wildman–Crippen MR) is 136 cm³/mol. The lowest BCUT2D eigenvalue weighted by molar-refractivity contribution is -0.386. The number of carbonyl (C=O) groups is 1. The fourth-order valence-corrected chi connectivity index (χ4v) is 5.39. The van der Waals surface area contributed by atoms with E-state index in [0.29, 0.717) is 50.0 Å². The first-order valence-corrected chi connectivity index (χ1v) is 12.5. The Balaban J connectivity index is 1.48. The molecule has 1 fully saturated rings. The van der Waals surface area contributed by atoms with Crippen LogP contribution in [0.15, 0.2) is 48.5 Å². The number of para-hydroxylation sites is 1. The lowest BCUT2D eigenvalue weighted by atomic mass is 9.75. The van der Waals surface area contributed by atoms with Gasteiger partial charge in [-0.25, -0.2) is 5.06 Å². The number of ether oxygens (including phenoxy) is 3. The highest BCUT2D eigenvalue weighted by molar-refractivity contribution is 5.79. The van der Waals surface area contributed by atoms with Crippen LogP contribution < -0.4 is 9.64 Å². The predicted octanol–water partition coefficient (Wildman–Crippen LogP) is 3.69. The number of carbonyl (C=O) groups excluding carboxylic acids is 1. The van der Waals surface area contributed by atoms with Crippen molar-refractivity contribution < 1.29 is 28.8 Å². The lowest BCUT2D eigenvalue weighted by Crippen LogP contribution is -2.60. The summed E-state index contributed by atoms with van der Waals surface area (Å²) in [7, 11) is 0. The highest BCUT2D eigenvalue weighted by Crippen LogP contribution is 2.57. The molecule has 10 heteroatoms. The molecular formula is C27H31N3O7. The summed E-state index contributed by atoms with van der Waals surface area (Å²) in [4.78, 5) is 32.6. The van der Waals surface area contributed by atoms with Gasteiger partial charge in [0.05, 0.1) is 61.2 Å². The number of nitrogens with zero attached hydrogens (tertiary/aromatic N) is 3. The van der Waals surface area contributed by atoms with E-state index in [2.05, 4.69) is 0 Å². The number of fused-ring (bicyclic) bond motifs is 2. The Kier molecular flexibility index (Phi) is 6.89. The zero-order chi connectivity index (χ0) is 26.0. The second-order valence-electron chi connectivity index (χ2n) is 9.68. The van der Waals surface area contributed by atoms with E-state index in [9.17, 15) is 14.9 Å². The molecule has 0 bridgehead atoms. The van der Waals surface area contributed by atoms with Gasteiger partial charge in [0.15, 0.2) is 0 Å². The number of nitro groups is 1. The fourth-order valence-electron chi connectivity index (χ4n) is 5.39. The third kappa shape index (κ3) is 4.45. The minimum atomic E-state index is -1.07. The SMILES string of the molecule is CC1(C)c2c(cccc2[N+](=O)[O-])N(CCC(=O)N2CCOCCOCCO2)C12C=Cc1ccccc1O2. The van der Waals surface area contributed by atoms with E-state index in [4.69, 9.17) is 19.0 Å². The molecule has 1 spiro atoms. The van der Waals surface area contributed by atoms with E-state index in [1.807, 2.05) is 61.2 Å². The van der Waals surface area contributed by atoms with Gasteiger partial charge >= 0.3 is 0 Å². The first-order chi connectivity index (χ1) is 17.8. The number of hydrogen-bond acceptors (Lipinski definition) is 8. The molecule has 0 N–H and O–H groups in total. The summed E-state index contributed by atoms with van der Waals surface area (Å²) in [6.07, 6.45) is 4.05. The van der Waals surface area contributed by atoms with Gasteiger partial charge < -0.3 is 19.1 Å². The average Bonchev–Trinajstić information content (AvgIpc) is 3.08. The second kappa shape index (κ2) is 10.1. The van der Waals surface area contributed by atoms with Crippen molar-refractivity contribution in [3.05, 3.63) is 69.8 Å². The maximum absolute atomic E-state index is 13.2. The van der Waals surface area contributed by atoms with Crippen molar-refractivity contribution in [1.29, 1.82) is 0 Å². The Labute approximate surface area is 215 Å². The molecule has 0 aliphatic carbocycles. The van der Waals surface area contributed by atoms with E-state index in [0.717, 1.165) is 5.56 Å². The van der Waals surface area contributed by atoms with Gasteiger partial charge in [0.25, 0.3) is 5.69 Å². The number of benzene rings is 2. The quantitative estimate of drug-likeness (QED) is 0.454. The summed E-state index contributed by atoms with van der Waals surface area (Å²) in [6, 6.07) is 12.7. The van der Waals surface area contributed by atoms with E-state index in [-0.39, 0.29) is 36.1 Å². The standard InChI is InChI=1S/C27H31N3O7/c1-26(2)25-21(7-5-8-22(25)30(32)33)28(27(26)12-10-20-6-3-4-9-23(20)37-27)13-11-24(31)29-14-15-34-16-17-35-18-19-36-29/h3-10,12H,11,13-19H2,1-2H3. The van der Waals surface area contributed by atoms with Gasteiger partial charge in [-0.3, -0.25) is 19.7 Å². The molecule has 0 aromatic heterocycles. The Bertz CT molecular complexity index is 1200. The second-order valence-corrected chi connectivity index (χ2v) is 9.68. The summed E-state index contributed by atoms with van der Waals surface area (Å²) in [5.74, 6) is 0.470.